The average molecular weight is 473 g/mol. The number of alkyl halides is 3. The molecular weight excluding hydrogens is 461 g/mol. The van der Waals surface area contributed by atoms with Gasteiger partial charge in [0.1, 0.15) is 23.5 Å². The summed E-state index contributed by atoms with van der Waals surface area (Å²) < 4.78 is 44.1. The fourth-order valence-electron chi connectivity index (χ4n) is 3.49. The number of nitrogens with one attached hydrogen (secondary N) is 1. The van der Waals surface area contributed by atoms with Crippen LogP contribution in [-0.4, -0.2) is 37.0 Å². The zero-order valence-electron chi connectivity index (χ0n) is 16.5. The molecule has 0 saturated heterocycles. The van der Waals surface area contributed by atoms with Crippen LogP contribution in [0.3, 0.4) is 0 Å². The number of ether oxygens (including phenoxy) is 1. The van der Waals surface area contributed by atoms with Gasteiger partial charge >= 0.3 is 6.36 Å². The van der Waals surface area contributed by atoms with E-state index in [4.69, 9.17) is 11.6 Å². The summed E-state index contributed by atoms with van der Waals surface area (Å²) in [7, 11) is 0. The molecule has 1 aromatic carbocycles. The van der Waals surface area contributed by atoms with Gasteiger partial charge in [-0.3, -0.25) is 9.78 Å². The first kappa shape index (κ1) is 20.9. The summed E-state index contributed by atoms with van der Waals surface area (Å²) >= 11 is 5.91. The molecule has 12 heteroatoms. The number of nitrogens with zero attached hydrogens (tertiary/aromatic N) is 5. The second kappa shape index (κ2) is 7.85. The largest absolute Gasteiger partial charge is 0.573 e. The molecule has 0 fully saturated rings. The molecule has 1 aliphatic rings. The molecule has 0 saturated carbocycles. The zero-order chi connectivity index (χ0) is 23.2. The summed E-state index contributed by atoms with van der Waals surface area (Å²) in [4.78, 5) is 24.4. The van der Waals surface area contributed by atoms with Crippen LogP contribution in [-0.2, 0) is 6.54 Å². The Kier molecular flexibility index (Phi) is 4.97. The van der Waals surface area contributed by atoms with Crippen LogP contribution in [0.1, 0.15) is 16.1 Å². The van der Waals surface area contributed by atoms with Crippen molar-refractivity contribution in [2.45, 2.75) is 12.9 Å². The summed E-state index contributed by atoms with van der Waals surface area (Å²) in [5, 5.41) is 7.11. The van der Waals surface area contributed by atoms with E-state index < -0.39 is 12.1 Å². The van der Waals surface area contributed by atoms with E-state index in [1.54, 1.807) is 36.7 Å². The fourth-order valence-corrected chi connectivity index (χ4v) is 3.65. The number of fused-ring (bicyclic) bond motifs is 1. The highest BCUT2D eigenvalue weighted by Crippen LogP contribution is 2.36. The molecule has 0 bridgehead atoms. The maximum absolute atomic E-state index is 12.8. The lowest BCUT2D eigenvalue weighted by Gasteiger charge is -2.12. The maximum Gasteiger partial charge on any atom is 0.573 e. The Balaban J connectivity index is 1.68. The third kappa shape index (κ3) is 3.98. The molecule has 0 aliphatic carbocycles. The van der Waals surface area contributed by atoms with Gasteiger partial charge in [0.2, 0.25) is 0 Å². The van der Waals surface area contributed by atoms with Crippen molar-refractivity contribution in [3.05, 3.63) is 71.4 Å². The number of hydrogen-bond acceptors (Lipinski definition) is 6. The van der Waals surface area contributed by atoms with Crippen molar-refractivity contribution in [1.82, 2.24) is 30.0 Å². The fraction of sp³-hybridized carbons (Fsp3) is 0.0952. The highest BCUT2D eigenvalue weighted by Gasteiger charge is 2.32. The number of halogens is 4. The molecule has 0 unspecified atom stereocenters. The normalized spacial score (nSPS) is 13.0. The lowest BCUT2D eigenvalue weighted by atomic mass is 10.1. The van der Waals surface area contributed by atoms with E-state index in [1.165, 1.54) is 23.1 Å². The molecule has 0 atom stereocenters. The number of carbonyl (C=O) groups excluding carboxylic acids is 1. The molecule has 0 spiro atoms. The van der Waals surface area contributed by atoms with E-state index in [-0.39, 0.29) is 23.2 Å². The predicted molar refractivity (Wildman–Crippen MR) is 111 cm³/mol. The zero-order valence-corrected chi connectivity index (χ0v) is 17.2. The quantitative estimate of drug-likeness (QED) is 0.478. The monoisotopic (exact) mass is 472 g/mol. The summed E-state index contributed by atoms with van der Waals surface area (Å²) in [6, 6.07) is 9.13. The van der Waals surface area contributed by atoms with E-state index in [0.717, 1.165) is 0 Å². The van der Waals surface area contributed by atoms with Gasteiger partial charge in [-0.1, -0.05) is 17.7 Å². The first-order valence-electron chi connectivity index (χ1n) is 9.49. The Morgan fingerprint density at radius 3 is 2.70 bits per heavy atom. The lowest BCUT2D eigenvalue weighted by Crippen LogP contribution is -2.17. The minimum absolute atomic E-state index is 0.193. The molecule has 4 heterocycles. The van der Waals surface area contributed by atoms with Crippen molar-refractivity contribution >= 4 is 17.5 Å². The van der Waals surface area contributed by atoms with Crippen LogP contribution in [0.5, 0.6) is 5.75 Å². The molecule has 1 aliphatic heterocycles. The summed E-state index contributed by atoms with van der Waals surface area (Å²) in [5.41, 5.74) is 3.03. The van der Waals surface area contributed by atoms with Gasteiger partial charge in [0.05, 0.1) is 28.3 Å². The number of amides is 1. The lowest BCUT2D eigenvalue weighted by molar-refractivity contribution is -0.274. The minimum atomic E-state index is -4.90. The van der Waals surface area contributed by atoms with Crippen LogP contribution in [0.15, 0.2) is 55.1 Å². The Hall–Kier alpha value is -3.99. The van der Waals surface area contributed by atoms with E-state index in [2.05, 4.69) is 30.1 Å². The summed E-state index contributed by atoms with van der Waals surface area (Å²) in [5.74, 6) is -0.855. The molecule has 3 aromatic heterocycles. The van der Waals surface area contributed by atoms with Gasteiger partial charge in [-0.25, -0.2) is 14.6 Å². The van der Waals surface area contributed by atoms with Crippen LogP contribution in [0.2, 0.25) is 5.02 Å². The average Bonchev–Trinajstić information content (AvgIpc) is 3.39. The van der Waals surface area contributed by atoms with Crippen LogP contribution in [0, 0.1) is 0 Å². The molecule has 0 radical (unpaired) electrons. The third-order valence-corrected chi connectivity index (χ3v) is 5.19. The number of carbonyl (C=O) groups is 1. The Labute approximate surface area is 189 Å². The van der Waals surface area contributed by atoms with Gasteiger partial charge in [0, 0.05) is 23.9 Å². The summed E-state index contributed by atoms with van der Waals surface area (Å²) in [6.07, 6.45) is -0.504. The number of hydrogen-bond donors (Lipinski definition) is 1. The van der Waals surface area contributed by atoms with Crippen molar-refractivity contribution in [3.8, 4) is 34.1 Å². The van der Waals surface area contributed by atoms with Gasteiger partial charge < -0.3 is 10.1 Å². The Bertz CT molecular complexity index is 1370. The molecule has 5 rings (SSSR count). The van der Waals surface area contributed by atoms with Crippen LogP contribution in [0.25, 0.3) is 28.3 Å². The van der Waals surface area contributed by atoms with E-state index in [0.29, 0.717) is 33.9 Å². The first-order chi connectivity index (χ1) is 15.8. The number of pyridine rings is 1. The van der Waals surface area contributed by atoms with Crippen molar-refractivity contribution in [1.29, 1.82) is 0 Å². The van der Waals surface area contributed by atoms with Crippen LogP contribution < -0.4 is 10.1 Å². The van der Waals surface area contributed by atoms with Gasteiger partial charge in [-0.2, -0.15) is 5.10 Å². The molecule has 166 valence electrons. The van der Waals surface area contributed by atoms with Crippen LogP contribution in [0.4, 0.5) is 13.2 Å². The van der Waals surface area contributed by atoms with Gasteiger partial charge in [-0.15, -0.1) is 13.2 Å². The van der Waals surface area contributed by atoms with Gasteiger partial charge in [-0.05, 0) is 30.3 Å². The molecule has 1 N–H and O–H groups in total. The first-order valence-corrected chi connectivity index (χ1v) is 9.86. The Morgan fingerprint density at radius 1 is 1.12 bits per heavy atom. The van der Waals surface area contributed by atoms with Crippen LogP contribution >= 0.6 is 11.6 Å². The Morgan fingerprint density at radius 2 is 1.94 bits per heavy atom. The highest BCUT2D eigenvalue weighted by molar-refractivity contribution is 6.32. The smallest absolute Gasteiger partial charge is 0.404 e. The second-order valence-corrected chi connectivity index (χ2v) is 7.37. The highest BCUT2D eigenvalue weighted by atomic mass is 35.5. The predicted octanol–water partition coefficient (Wildman–Crippen LogP) is 4.19. The molecular formula is C21H12ClF3N6O2. The standard InChI is InChI=1S/C21H12ClF3N6O2/c22-14-4-3-11(6-17(14)33-21(23,24)25)16-7-15(30-31(16)12-2-1-5-26-8-12)18-13-9-27-20(32)19(13)29-10-28-18/h1-8,10H,9H2,(H,27,32). The van der Waals surface area contributed by atoms with E-state index in [1.807, 2.05) is 0 Å². The molecule has 8 nitrogen and oxygen atoms in total. The van der Waals surface area contributed by atoms with E-state index >= 15 is 0 Å². The van der Waals surface area contributed by atoms with Gasteiger partial charge in [0.15, 0.2) is 0 Å². The second-order valence-electron chi connectivity index (χ2n) is 6.96. The number of benzene rings is 1. The van der Waals surface area contributed by atoms with Gasteiger partial charge in [0.25, 0.3) is 5.91 Å². The maximum atomic E-state index is 12.8. The molecule has 4 aromatic rings. The van der Waals surface area contributed by atoms with Crippen molar-refractivity contribution in [2.75, 3.05) is 0 Å². The molecule has 33 heavy (non-hydrogen) atoms. The van der Waals surface area contributed by atoms with E-state index in [9.17, 15) is 18.0 Å². The van der Waals surface area contributed by atoms with Crippen molar-refractivity contribution in [3.63, 3.8) is 0 Å². The number of aromatic nitrogens is 5. The number of rotatable bonds is 4. The minimum Gasteiger partial charge on any atom is -0.404 e. The molecule has 1 amide bonds. The summed E-state index contributed by atoms with van der Waals surface area (Å²) in [6.45, 7) is 0.240. The third-order valence-electron chi connectivity index (χ3n) is 4.88. The van der Waals surface area contributed by atoms with Crippen molar-refractivity contribution < 1.29 is 22.7 Å². The van der Waals surface area contributed by atoms with Crippen molar-refractivity contribution in [2.24, 2.45) is 0 Å². The topological polar surface area (TPSA) is 94.8 Å². The SMILES string of the molecule is O=C1NCc2c1ncnc2-c1cc(-c2ccc(Cl)c(OC(F)(F)F)c2)n(-c2cccnc2)n1.